The van der Waals surface area contributed by atoms with Crippen molar-refractivity contribution in [2.75, 3.05) is 43.6 Å². The van der Waals surface area contributed by atoms with Crippen LogP contribution in [0.4, 0.5) is 15.2 Å². The first-order valence-electron chi connectivity index (χ1n) is 9.11. The molecule has 2 rings (SSSR count). The molecule has 0 saturated heterocycles. The first kappa shape index (κ1) is 22.9. The van der Waals surface area contributed by atoms with Gasteiger partial charge in [0.15, 0.2) is 5.13 Å². The van der Waals surface area contributed by atoms with Gasteiger partial charge in [0.1, 0.15) is 5.82 Å². The number of hydrogen-bond donors (Lipinski definition) is 3. The number of nitrogens with two attached hydrogens (primary N) is 1. The molecule has 29 heavy (non-hydrogen) atoms. The fourth-order valence-electron chi connectivity index (χ4n) is 2.29. The first-order chi connectivity index (χ1) is 13.9. The summed E-state index contributed by atoms with van der Waals surface area (Å²) < 4.78 is 24.1. The monoisotopic (exact) mass is 424 g/mol. The van der Waals surface area contributed by atoms with Gasteiger partial charge in [-0.05, 0) is 32.0 Å². The van der Waals surface area contributed by atoms with E-state index in [0.29, 0.717) is 31.5 Å². The number of amides is 2. The van der Waals surface area contributed by atoms with Gasteiger partial charge in [0.05, 0.1) is 49.8 Å². The Hall–Kier alpha value is -2.40. The molecule has 0 bridgehead atoms. The summed E-state index contributed by atoms with van der Waals surface area (Å²) in [6, 6.07) is 3.60. The van der Waals surface area contributed by atoms with E-state index < -0.39 is 11.7 Å². The van der Waals surface area contributed by atoms with Gasteiger partial charge in [-0.1, -0.05) is 0 Å². The van der Waals surface area contributed by atoms with Gasteiger partial charge in [-0.15, -0.1) is 11.3 Å². The molecule has 2 amide bonds. The molecule has 1 heterocycles. The Morgan fingerprint density at radius 2 is 1.86 bits per heavy atom. The summed E-state index contributed by atoms with van der Waals surface area (Å²) in [5.41, 5.74) is 6.34. The molecular weight excluding hydrogens is 399 g/mol. The highest BCUT2D eigenvalue weighted by Gasteiger charge is 2.17. The number of carbonyl (C=O) groups is 2. The second-order valence-electron chi connectivity index (χ2n) is 6.12. The lowest BCUT2D eigenvalue weighted by Crippen LogP contribution is -2.20. The molecule has 0 saturated carbocycles. The van der Waals surface area contributed by atoms with E-state index in [-0.39, 0.29) is 30.2 Å². The summed E-state index contributed by atoms with van der Waals surface area (Å²) in [6.45, 7) is 5.57. The lowest BCUT2D eigenvalue weighted by molar-refractivity contribution is -0.117. The van der Waals surface area contributed by atoms with E-state index >= 15 is 0 Å². The number of anilines is 2. The number of ether oxygens (including phenoxy) is 2. The molecule has 8 nitrogen and oxygen atoms in total. The maximum atomic E-state index is 13.7. The van der Waals surface area contributed by atoms with Crippen molar-refractivity contribution in [3.8, 4) is 0 Å². The Bertz CT molecular complexity index is 824. The minimum atomic E-state index is -0.583. The molecule has 2 aromatic rings. The summed E-state index contributed by atoms with van der Waals surface area (Å²) in [6.07, 6.45) is 0.0835. The Morgan fingerprint density at radius 3 is 2.52 bits per heavy atom. The number of nitrogens with zero attached hydrogens (tertiary/aromatic N) is 1. The van der Waals surface area contributed by atoms with Gasteiger partial charge in [-0.25, -0.2) is 9.37 Å². The topological polar surface area (TPSA) is 116 Å². The van der Waals surface area contributed by atoms with Crippen LogP contribution < -0.4 is 16.4 Å². The van der Waals surface area contributed by atoms with E-state index in [1.165, 1.54) is 23.5 Å². The van der Waals surface area contributed by atoms with E-state index in [0.717, 1.165) is 16.6 Å². The highest BCUT2D eigenvalue weighted by molar-refractivity contribution is 7.15. The van der Waals surface area contributed by atoms with Crippen LogP contribution in [0, 0.1) is 19.7 Å². The number of nitrogens with one attached hydrogen (secondary N) is 2. The highest BCUT2D eigenvalue weighted by Crippen LogP contribution is 2.24. The third kappa shape index (κ3) is 7.50. The molecule has 0 radical (unpaired) electrons. The van der Waals surface area contributed by atoms with Crippen molar-refractivity contribution in [1.82, 2.24) is 4.98 Å². The van der Waals surface area contributed by atoms with Crippen LogP contribution in [-0.2, 0) is 14.3 Å². The Morgan fingerprint density at radius 1 is 1.14 bits per heavy atom. The second-order valence-corrected chi connectivity index (χ2v) is 7.32. The zero-order chi connectivity index (χ0) is 21.2. The summed E-state index contributed by atoms with van der Waals surface area (Å²) in [5, 5.41) is 5.68. The summed E-state index contributed by atoms with van der Waals surface area (Å²) >= 11 is 1.32. The number of aromatic nitrogens is 1. The van der Waals surface area contributed by atoms with Crippen LogP contribution in [0.15, 0.2) is 18.2 Å². The molecule has 0 aliphatic carbocycles. The molecule has 10 heteroatoms. The maximum absolute atomic E-state index is 13.7. The molecule has 0 unspecified atom stereocenters. The normalized spacial score (nSPS) is 10.8. The molecule has 0 aliphatic heterocycles. The summed E-state index contributed by atoms with van der Waals surface area (Å²) in [7, 11) is 0. The van der Waals surface area contributed by atoms with E-state index in [1.54, 1.807) is 0 Å². The average Bonchev–Trinajstić information content (AvgIpc) is 2.99. The highest BCUT2D eigenvalue weighted by atomic mass is 32.1. The maximum Gasteiger partial charge on any atom is 0.259 e. The van der Waals surface area contributed by atoms with Crippen molar-refractivity contribution < 1.29 is 23.5 Å². The molecule has 0 atom stereocenters. The molecule has 158 valence electrons. The fraction of sp³-hybridized carbons (Fsp3) is 0.421. The lowest BCUT2D eigenvalue weighted by Gasteiger charge is -2.11. The largest absolute Gasteiger partial charge is 0.379 e. The lowest BCUT2D eigenvalue weighted by atomic mass is 10.1. The quantitative estimate of drug-likeness (QED) is 0.477. The van der Waals surface area contributed by atoms with Crippen LogP contribution in [0.3, 0.4) is 0 Å². The van der Waals surface area contributed by atoms with Crippen molar-refractivity contribution in [2.24, 2.45) is 5.73 Å². The van der Waals surface area contributed by atoms with Crippen LogP contribution in [0.25, 0.3) is 0 Å². The van der Waals surface area contributed by atoms with Crippen molar-refractivity contribution in [3.63, 3.8) is 0 Å². The van der Waals surface area contributed by atoms with E-state index in [4.69, 9.17) is 15.2 Å². The third-order valence-electron chi connectivity index (χ3n) is 3.86. The number of benzene rings is 1. The molecule has 0 spiro atoms. The van der Waals surface area contributed by atoms with E-state index in [2.05, 4.69) is 15.6 Å². The van der Waals surface area contributed by atoms with Gasteiger partial charge >= 0.3 is 0 Å². The molecule has 1 aromatic heterocycles. The summed E-state index contributed by atoms with van der Waals surface area (Å²) in [4.78, 5) is 29.9. The zero-order valence-corrected chi connectivity index (χ0v) is 17.2. The first-order valence-corrected chi connectivity index (χ1v) is 9.92. The minimum absolute atomic E-state index is 0.0139. The van der Waals surface area contributed by atoms with E-state index in [1.807, 2.05) is 13.8 Å². The minimum Gasteiger partial charge on any atom is -0.379 e. The Labute approximate surface area is 172 Å². The van der Waals surface area contributed by atoms with Crippen LogP contribution in [0.1, 0.15) is 27.3 Å². The number of rotatable bonds is 11. The van der Waals surface area contributed by atoms with Gasteiger partial charge in [0, 0.05) is 11.4 Å². The van der Waals surface area contributed by atoms with Crippen LogP contribution >= 0.6 is 11.3 Å². The molecular formula is C19H25FN4O4S. The summed E-state index contributed by atoms with van der Waals surface area (Å²) in [5.74, 6) is -1.49. The van der Waals surface area contributed by atoms with Gasteiger partial charge in [0.2, 0.25) is 5.91 Å². The number of thiazole rings is 1. The predicted molar refractivity (Wildman–Crippen MR) is 110 cm³/mol. The number of hydrogen-bond acceptors (Lipinski definition) is 7. The van der Waals surface area contributed by atoms with Gasteiger partial charge < -0.3 is 20.5 Å². The predicted octanol–water partition coefficient (Wildman–Crippen LogP) is 2.47. The molecule has 0 fully saturated rings. The van der Waals surface area contributed by atoms with Gasteiger partial charge in [0.25, 0.3) is 5.91 Å². The number of aryl methyl sites for hydroxylation is 2. The van der Waals surface area contributed by atoms with E-state index in [9.17, 15) is 14.0 Å². The molecule has 1 aromatic carbocycles. The second kappa shape index (κ2) is 11.6. The van der Waals surface area contributed by atoms with Crippen LogP contribution in [-0.4, -0.2) is 49.8 Å². The SMILES string of the molecule is Cc1nc(NC(=O)c2cc(F)ccc2NC(=O)CCOCCOCCN)sc1C. The number of carbonyl (C=O) groups excluding carboxylic acids is 2. The van der Waals surface area contributed by atoms with Crippen molar-refractivity contribution in [1.29, 1.82) is 0 Å². The van der Waals surface area contributed by atoms with Crippen LogP contribution in [0.2, 0.25) is 0 Å². The van der Waals surface area contributed by atoms with Crippen LogP contribution in [0.5, 0.6) is 0 Å². The smallest absolute Gasteiger partial charge is 0.259 e. The van der Waals surface area contributed by atoms with Crippen molar-refractivity contribution in [3.05, 3.63) is 40.2 Å². The fourth-order valence-corrected chi connectivity index (χ4v) is 3.10. The number of halogens is 1. The van der Waals surface area contributed by atoms with Crippen molar-refractivity contribution in [2.45, 2.75) is 20.3 Å². The Balaban J connectivity index is 1.91. The standard InChI is InChI=1S/C19H25FN4O4S/c1-12-13(2)29-19(22-12)24-18(26)15-11-14(20)3-4-16(15)23-17(25)5-7-27-9-10-28-8-6-21/h3-4,11H,5-10,21H2,1-2H3,(H,23,25)(H,22,24,26). The molecule has 4 N–H and O–H groups in total. The Kier molecular flexibility index (Phi) is 9.13. The molecule has 0 aliphatic rings. The van der Waals surface area contributed by atoms with Gasteiger partial charge in [-0.3, -0.25) is 14.9 Å². The third-order valence-corrected chi connectivity index (χ3v) is 4.85. The van der Waals surface area contributed by atoms with Crippen molar-refractivity contribution >= 4 is 34.0 Å². The zero-order valence-electron chi connectivity index (χ0n) is 16.4. The average molecular weight is 424 g/mol. The van der Waals surface area contributed by atoms with Gasteiger partial charge in [-0.2, -0.15) is 0 Å².